The van der Waals surface area contributed by atoms with Crippen molar-refractivity contribution in [2.45, 2.75) is 38.1 Å². The van der Waals surface area contributed by atoms with E-state index in [2.05, 4.69) is 31.2 Å². The molecule has 0 atom stereocenters. The number of hydrogen-bond acceptors (Lipinski definition) is 3. The van der Waals surface area contributed by atoms with Crippen molar-refractivity contribution in [3.05, 3.63) is 16.0 Å². The quantitative estimate of drug-likeness (QED) is 0.845. The van der Waals surface area contributed by atoms with Gasteiger partial charge in [0.05, 0.1) is 4.47 Å². The van der Waals surface area contributed by atoms with Crippen LogP contribution in [0, 0.1) is 0 Å². The van der Waals surface area contributed by atoms with Crippen molar-refractivity contribution < 1.29 is 0 Å². The van der Waals surface area contributed by atoms with Crippen LogP contribution in [0.25, 0.3) is 0 Å². The summed E-state index contributed by atoms with van der Waals surface area (Å²) >= 11 is 9.16. The molecule has 1 heterocycles. The van der Waals surface area contributed by atoms with Gasteiger partial charge in [-0.15, -0.1) is 0 Å². The third-order valence-electron chi connectivity index (χ3n) is 2.66. The average molecular weight is 291 g/mol. The van der Waals surface area contributed by atoms with Gasteiger partial charge in [0.2, 0.25) is 5.28 Å². The van der Waals surface area contributed by atoms with Crippen LogP contribution in [0.4, 0.5) is 5.82 Å². The minimum Gasteiger partial charge on any atom is -0.366 e. The zero-order valence-corrected chi connectivity index (χ0v) is 10.7. The maximum absolute atomic E-state index is 5.75. The van der Waals surface area contributed by atoms with Crippen molar-refractivity contribution in [3.8, 4) is 0 Å². The van der Waals surface area contributed by atoms with Gasteiger partial charge in [-0.25, -0.2) is 4.98 Å². The van der Waals surface area contributed by atoms with Gasteiger partial charge in [-0.3, -0.25) is 0 Å². The Morgan fingerprint density at radius 3 is 2.80 bits per heavy atom. The highest BCUT2D eigenvalue weighted by Gasteiger charge is 2.15. The second-order valence-electron chi connectivity index (χ2n) is 3.81. The molecule has 15 heavy (non-hydrogen) atoms. The minimum atomic E-state index is 0.288. The highest BCUT2D eigenvalue weighted by Crippen LogP contribution is 2.25. The van der Waals surface area contributed by atoms with E-state index in [4.69, 9.17) is 11.6 Å². The smallest absolute Gasteiger partial charge is 0.224 e. The molecule has 0 spiro atoms. The zero-order chi connectivity index (χ0) is 10.7. The lowest BCUT2D eigenvalue weighted by Gasteiger charge is -2.23. The number of nitrogens with zero attached hydrogens (tertiary/aromatic N) is 2. The van der Waals surface area contributed by atoms with E-state index in [1.165, 1.54) is 32.1 Å². The number of halogens is 2. The topological polar surface area (TPSA) is 37.8 Å². The molecule has 2 rings (SSSR count). The van der Waals surface area contributed by atoms with E-state index in [1.807, 2.05) is 0 Å². The lowest BCUT2D eigenvalue weighted by molar-refractivity contribution is 0.461. The Balaban J connectivity index is 2.05. The van der Waals surface area contributed by atoms with Gasteiger partial charge in [-0.2, -0.15) is 4.98 Å². The SMILES string of the molecule is Clc1ncc(Br)c(NC2CCCCC2)n1. The summed E-state index contributed by atoms with van der Waals surface area (Å²) in [6, 6.07) is 0.529. The predicted octanol–water partition coefficient (Wildman–Crippen LogP) is 3.64. The molecule has 3 nitrogen and oxygen atoms in total. The van der Waals surface area contributed by atoms with E-state index in [-0.39, 0.29) is 5.28 Å². The summed E-state index contributed by atoms with van der Waals surface area (Å²) in [5.41, 5.74) is 0. The largest absolute Gasteiger partial charge is 0.366 e. The van der Waals surface area contributed by atoms with E-state index in [0.29, 0.717) is 6.04 Å². The second kappa shape index (κ2) is 5.12. The third kappa shape index (κ3) is 3.05. The monoisotopic (exact) mass is 289 g/mol. The average Bonchev–Trinajstić information content (AvgIpc) is 2.25. The molecule has 1 saturated carbocycles. The molecule has 1 aliphatic rings. The van der Waals surface area contributed by atoms with Crippen molar-refractivity contribution in [2.24, 2.45) is 0 Å². The van der Waals surface area contributed by atoms with Crippen LogP contribution in [0.15, 0.2) is 10.7 Å². The molecule has 0 aromatic carbocycles. The van der Waals surface area contributed by atoms with Crippen molar-refractivity contribution in [2.75, 3.05) is 5.32 Å². The first-order valence-corrected chi connectivity index (χ1v) is 6.37. The van der Waals surface area contributed by atoms with Crippen molar-refractivity contribution in [1.82, 2.24) is 9.97 Å². The van der Waals surface area contributed by atoms with Crippen LogP contribution in [-0.2, 0) is 0 Å². The molecule has 1 aromatic rings. The fourth-order valence-corrected chi connectivity index (χ4v) is 2.33. The molecule has 82 valence electrons. The third-order valence-corrected chi connectivity index (χ3v) is 3.42. The van der Waals surface area contributed by atoms with Gasteiger partial charge in [0.1, 0.15) is 5.82 Å². The summed E-state index contributed by atoms with van der Waals surface area (Å²) in [5.74, 6) is 0.807. The van der Waals surface area contributed by atoms with Gasteiger partial charge in [0, 0.05) is 12.2 Å². The molecule has 0 bridgehead atoms. The minimum absolute atomic E-state index is 0.288. The fraction of sp³-hybridized carbons (Fsp3) is 0.600. The normalized spacial score (nSPS) is 17.7. The summed E-state index contributed by atoms with van der Waals surface area (Å²) in [6.07, 6.45) is 8.06. The van der Waals surface area contributed by atoms with Crippen LogP contribution in [0.1, 0.15) is 32.1 Å². The number of anilines is 1. The molecule has 1 aliphatic carbocycles. The van der Waals surface area contributed by atoms with Gasteiger partial charge in [0.25, 0.3) is 0 Å². The highest BCUT2D eigenvalue weighted by atomic mass is 79.9. The van der Waals surface area contributed by atoms with Gasteiger partial charge in [-0.05, 0) is 40.4 Å². The van der Waals surface area contributed by atoms with Crippen LogP contribution < -0.4 is 5.32 Å². The summed E-state index contributed by atoms with van der Waals surface area (Å²) < 4.78 is 0.873. The zero-order valence-electron chi connectivity index (χ0n) is 8.34. The van der Waals surface area contributed by atoms with E-state index in [0.717, 1.165) is 10.3 Å². The second-order valence-corrected chi connectivity index (χ2v) is 5.01. The molecule has 0 unspecified atom stereocenters. The Labute approximate surface area is 103 Å². The predicted molar refractivity (Wildman–Crippen MR) is 65.2 cm³/mol. The Hall–Kier alpha value is -0.350. The number of rotatable bonds is 2. The van der Waals surface area contributed by atoms with Crippen LogP contribution in [-0.4, -0.2) is 16.0 Å². The summed E-state index contributed by atoms with van der Waals surface area (Å²) in [4.78, 5) is 8.06. The standard InChI is InChI=1S/C10H13BrClN3/c11-8-6-13-10(12)15-9(8)14-7-4-2-1-3-5-7/h6-7H,1-5H2,(H,13,14,15). The molecule has 1 fully saturated rings. The molecule has 5 heteroatoms. The van der Waals surface area contributed by atoms with Crippen molar-refractivity contribution in [3.63, 3.8) is 0 Å². The molecule has 0 amide bonds. The maximum Gasteiger partial charge on any atom is 0.224 e. The van der Waals surface area contributed by atoms with Crippen LogP contribution in [0.5, 0.6) is 0 Å². The van der Waals surface area contributed by atoms with Gasteiger partial charge in [-0.1, -0.05) is 19.3 Å². The maximum atomic E-state index is 5.75. The van der Waals surface area contributed by atoms with Crippen LogP contribution >= 0.6 is 27.5 Å². The fourth-order valence-electron chi connectivity index (χ4n) is 1.89. The molecular weight excluding hydrogens is 277 g/mol. The summed E-state index contributed by atoms with van der Waals surface area (Å²) in [7, 11) is 0. The Bertz CT molecular complexity index is 339. The number of hydrogen-bond donors (Lipinski definition) is 1. The van der Waals surface area contributed by atoms with Gasteiger partial charge >= 0.3 is 0 Å². The van der Waals surface area contributed by atoms with E-state index < -0.39 is 0 Å². The Morgan fingerprint density at radius 1 is 1.33 bits per heavy atom. The molecule has 1 N–H and O–H groups in total. The van der Waals surface area contributed by atoms with Crippen molar-refractivity contribution in [1.29, 1.82) is 0 Å². The van der Waals surface area contributed by atoms with Crippen molar-refractivity contribution >= 4 is 33.3 Å². The lowest BCUT2D eigenvalue weighted by atomic mass is 9.95. The first-order valence-electron chi connectivity index (χ1n) is 5.20. The van der Waals surface area contributed by atoms with Gasteiger partial charge in [0.15, 0.2) is 0 Å². The lowest BCUT2D eigenvalue weighted by Crippen LogP contribution is -2.23. The van der Waals surface area contributed by atoms with Crippen LogP contribution in [0.2, 0.25) is 5.28 Å². The number of nitrogens with one attached hydrogen (secondary N) is 1. The molecule has 0 radical (unpaired) electrons. The molecule has 0 aliphatic heterocycles. The summed E-state index contributed by atoms with van der Waals surface area (Å²) in [6.45, 7) is 0. The van der Waals surface area contributed by atoms with Crippen LogP contribution in [0.3, 0.4) is 0 Å². The summed E-state index contributed by atoms with van der Waals surface area (Å²) in [5, 5.41) is 3.70. The first-order chi connectivity index (χ1) is 7.25. The van der Waals surface area contributed by atoms with E-state index in [1.54, 1.807) is 6.20 Å². The molecular formula is C10H13BrClN3. The molecule has 0 saturated heterocycles. The van der Waals surface area contributed by atoms with E-state index in [9.17, 15) is 0 Å². The van der Waals surface area contributed by atoms with E-state index >= 15 is 0 Å². The molecule has 1 aromatic heterocycles. The first kappa shape index (κ1) is 11.1. The highest BCUT2D eigenvalue weighted by molar-refractivity contribution is 9.10. The Morgan fingerprint density at radius 2 is 2.07 bits per heavy atom. The number of aromatic nitrogens is 2. The van der Waals surface area contributed by atoms with Gasteiger partial charge < -0.3 is 5.32 Å². The Kier molecular flexibility index (Phi) is 3.81.